The van der Waals surface area contributed by atoms with Crippen molar-refractivity contribution >= 4 is 5.91 Å². The van der Waals surface area contributed by atoms with Crippen LogP contribution in [0.15, 0.2) is 0 Å². The number of rotatable bonds is 7. The van der Waals surface area contributed by atoms with E-state index in [2.05, 4.69) is 42.9 Å². The molecular formula is C17H33N3O. The predicted octanol–water partition coefficient (Wildman–Crippen LogP) is 2.44. The molecule has 0 aromatic carbocycles. The van der Waals surface area contributed by atoms with Gasteiger partial charge in [0, 0.05) is 19.1 Å². The highest BCUT2D eigenvalue weighted by atomic mass is 16.2. The van der Waals surface area contributed by atoms with Gasteiger partial charge >= 0.3 is 0 Å². The minimum Gasteiger partial charge on any atom is -0.324 e. The van der Waals surface area contributed by atoms with Gasteiger partial charge in [-0.05, 0) is 32.2 Å². The zero-order chi connectivity index (χ0) is 15.4. The summed E-state index contributed by atoms with van der Waals surface area (Å²) >= 11 is 0. The molecule has 0 spiro atoms. The van der Waals surface area contributed by atoms with Gasteiger partial charge in [-0.15, -0.1) is 0 Å². The molecule has 4 heteroatoms. The molecule has 2 fully saturated rings. The molecule has 1 aliphatic heterocycles. The predicted molar refractivity (Wildman–Crippen MR) is 87.1 cm³/mol. The summed E-state index contributed by atoms with van der Waals surface area (Å²) in [5.41, 5.74) is 0. The third-order valence-corrected chi connectivity index (χ3v) is 5.14. The van der Waals surface area contributed by atoms with Crippen LogP contribution < -0.4 is 5.32 Å². The second kappa shape index (κ2) is 7.59. The van der Waals surface area contributed by atoms with Crippen molar-refractivity contribution < 1.29 is 4.79 Å². The second-order valence-electron chi connectivity index (χ2n) is 7.15. The van der Waals surface area contributed by atoms with Crippen molar-refractivity contribution in [2.75, 3.05) is 20.1 Å². The number of nitrogens with one attached hydrogen (secondary N) is 1. The molecule has 21 heavy (non-hydrogen) atoms. The highest BCUT2D eigenvalue weighted by Crippen LogP contribution is 2.23. The van der Waals surface area contributed by atoms with E-state index >= 15 is 0 Å². The van der Waals surface area contributed by atoms with Gasteiger partial charge in [-0.1, -0.05) is 40.0 Å². The van der Waals surface area contributed by atoms with E-state index < -0.39 is 0 Å². The topological polar surface area (TPSA) is 35.6 Å². The summed E-state index contributed by atoms with van der Waals surface area (Å²) in [6.07, 6.45) is 7.62. The Morgan fingerprint density at radius 1 is 1.33 bits per heavy atom. The van der Waals surface area contributed by atoms with Gasteiger partial charge in [0.1, 0.15) is 0 Å². The van der Waals surface area contributed by atoms with Gasteiger partial charge in [0.2, 0.25) is 5.91 Å². The summed E-state index contributed by atoms with van der Waals surface area (Å²) in [5.74, 6) is 0.781. The van der Waals surface area contributed by atoms with Crippen LogP contribution >= 0.6 is 0 Å². The highest BCUT2D eigenvalue weighted by Gasteiger charge is 2.39. The van der Waals surface area contributed by atoms with Gasteiger partial charge in [-0.2, -0.15) is 0 Å². The molecule has 2 atom stereocenters. The molecule has 1 amide bonds. The SMILES string of the molecule is CCCC1NC(C(C)C)N(CCN(C)C2CCCC2)C1=O. The van der Waals surface area contributed by atoms with Crippen LogP contribution in [0.3, 0.4) is 0 Å². The number of carbonyl (C=O) groups is 1. The fourth-order valence-corrected chi connectivity index (χ4v) is 3.79. The minimum absolute atomic E-state index is 0.0409. The third-order valence-electron chi connectivity index (χ3n) is 5.14. The van der Waals surface area contributed by atoms with Gasteiger partial charge in [0.05, 0.1) is 12.2 Å². The van der Waals surface area contributed by atoms with Crippen molar-refractivity contribution in [2.45, 2.75) is 77.5 Å². The van der Waals surface area contributed by atoms with Crippen molar-refractivity contribution in [1.82, 2.24) is 15.1 Å². The lowest BCUT2D eigenvalue weighted by Gasteiger charge is -2.31. The van der Waals surface area contributed by atoms with Crippen LogP contribution in [-0.4, -0.2) is 54.1 Å². The maximum Gasteiger partial charge on any atom is 0.241 e. The molecule has 2 unspecified atom stereocenters. The molecule has 2 aliphatic rings. The molecule has 1 saturated carbocycles. The van der Waals surface area contributed by atoms with Gasteiger partial charge in [0.25, 0.3) is 0 Å². The molecule has 0 bridgehead atoms. The van der Waals surface area contributed by atoms with Crippen LogP contribution in [0.4, 0.5) is 0 Å². The van der Waals surface area contributed by atoms with Crippen molar-refractivity contribution in [3.63, 3.8) is 0 Å². The lowest BCUT2D eigenvalue weighted by atomic mass is 10.1. The van der Waals surface area contributed by atoms with Crippen LogP contribution in [-0.2, 0) is 4.79 Å². The molecule has 2 rings (SSSR count). The molecular weight excluding hydrogens is 262 g/mol. The number of hydrogen-bond donors (Lipinski definition) is 1. The molecule has 122 valence electrons. The lowest BCUT2D eigenvalue weighted by Crippen LogP contribution is -2.45. The number of likely N-dealkylation sites (N-methyl/N-ethyl adjacent to an activating group) is 1. The van der Waals surface area contributed by atoms with E-state index in [-0.39, 0.29) is 12.2 Å². The zero-order valence-electron chi connectivity index (χ0n) is 14.3. The minimum atomic E-state index is 0.0409. The molecule has 0 aromatic heterocycles. The summed E-state index contributed by atoms with van der Waals surface area (Å²) in [7, 11) is 2.22. The van der Waals surface area contributed by atoms with Gasteiger partial charge in [0.15, 0.2) is 0 Å². The Balaban J connectivity index is 1.90. The first kappa shape index (κ1) is 16.8. The van der Waals surface area contributed by atoms with Crippen LogP contribution in [0, 0.1) is 5.92 Å². The molecule has 0 aromatic rings. The van der Waals surface area contributed by atoms with E-state index in [1.165, 1.54) is 25.7 Å². The summed E-state index contributed by atoms with van der Waals surface area (Å²) in [5, 5.41) is 3.54. The largest absolute Gasteiger partial charge is 0.324 e. The van der Waals surface area contributed by atoms with E-state index in [1.54, 1.807) is 0 Å². The van der Waals surface area contributed by atoms with E-state index in [1.807, 2.05) is 0 Å². The summed E-state index contributed by atoms with van der Waals surface area (Å²) in [4.78, 5) is 17.1. The fraction of sp³-hybridized carbons (Fsp3) is 0.941. The smallest absolute Gasteiger partial charge is 0.241 e. The number of nitrogens with zero attached hydrogens (tertiary/aromatic N) is 2. The Hall–Kier alpha value is -0.610. The van der Waals surface area contributed by atoms with Crippen molar-refractivity contribution in [1.29, 1.82) is 0 Å². The Morgan fingerprint density at radius 3 is 2.57 bits per heavy atom. The van der Waals surface area contributed by atoms with Crippen LogP contribution in [0.1, 0.15) is 59.3 Å². The number of amides is 1. The Morgan fingerprint density at radius 2 is 2.00 bits per heavy atom. The Labute approximate surface area is 130 Å². The Kier molecular flexibility index (Phi) is 6.06. The molecule has 1 heterocycles. The molecule has 0 radical (unpaired) electrons. The summed E-state index contributed by atoms with van der Waals surface area (Å²) < 4.78 is 0. The van der Waals surface area contributed by atoms with Crippen LogP contribution in [0.5, 0.6) is 0 Å². The van der Waals surface area contributed by atoms with Gasteiger partial charge < -0.3 is 9.80 Å². The quantitative estimate of drug-likeness (QED) is 0.783. The van der Waals surface area contributed by atoms with E-state index in [9.17, 15) is 4.79 Å². The normalized spacial score (nSPS) is 27.5. The third kappa shape index (κ3) is 3.98. The maximum atomic E-state index is 12.6. The second-order valence-corrected chi connectivity index (χ2v) is 7.15. The maximum absolute atomic E-state index is 12.6. The van der Waals surface area contributed by atoms with Gasteiger partial charge in [-0.3, -0.25) is 10.1 Å². The molecule has 1 saturated heterocycles. The zero-order valence-corrected chi connectivity index (χ0v) is 14.3. The first-order chi connectivity index (χ1) is 10.0. The lowest BCUT2D eigenvalue weighted by molar-refractivity contribution is -0.130. The average Bonchev–Trinajstić information content (AvgIpc) is 3.07. The Bertz CT molecular complexity index is 339. The van der Waals surface area contributed by atoms with Crippen molar-refractivity contribution in [3.8, 4) is 0 Å². The first-order valence-electron chi connectivity index (χ1n) is 8.81. The number of hydrogen-bond acceptors (Lipinski definition) is 3. The van der Waals surface area contributed by atoms with Gasteiger partial charge in [-0.25, -0.2) is 0 Å². The average molecular weight is 295 g/mol. The van der Waals surface area contributed by atoms with E-state index in [0.717, 1.165) is 32.0 Å². The summed E-state index contributed by atoms with van der Waals surface area (Å²) in [6.45, 7) is 8.41. The van der Waals surface area contributed by atoms with Crippen molar-refractivity contribution in [3.05, 3.63) is 0 Å². The van der Waals surface area contributed by atoms with Crippen molar-refractivity contribution in [2.24, 2.45) is 5.92 Å². The summed E-state index contributed by atoms with van der Waals surface area (Å²) in [6, 6.07) is 0.777. The van der Waals surface area contributed by atoms with Crippen LogP contribution in [0.2, 0.25) is 0 Å². The first-order valence-corrected chi connectivity index (χ1v) is 8.81. The molecule has 1 aliphatic carbocycles. The standard InChI is InChI=1S/C17H33N3O/c1-5-8-15-17(21)20(16(18-15)13(2)3)12-11-19(4)14-9-6-7-10-14/h13-16,18H,5-12H2,1-4H3. The van der Waals surface area contributed by atoms with E-state index in [0.29, 0.717) is 11.8 Å². The molecule has 4 nitrogen and oxygen atoms in total. The number of carbonyl (C=O) groups excluding carboxylic acids is 1. The highest BCUT2D eigenvalue weighted by molar-refractivity contribution is 5.84. The van der Waals surface area contributed by atoms with Crippen LogP contribution in [0.25, 0.3) is 0 Å². The molecule has 1 N–H and O–H groups in total. The fourth-order valence-electron chi connectivity index (χ4n) is 3.79. The van der Waals surface area contributed by atoms with E-state index in [4.69, 9.17) is 0 Å². The monoisotopic (exact) mass is 295 g/mol.